The Hall–Kier alpha value is -4.39. The molecule has 13 heteroatoms. The van der Waals surface area contributed by atoms with Gasteiger partial charge >= 0.3 is 0 Å². The standard InChI is InChI=1S/C26H32N12O/c1-6-37-15(2)11-36(12-16(37)3)23-10-22(27-14-28-23)24-19-9-18(7-8-21(19)30-31-24)29-25(39)20-13-38-26(32-33-34-38)35(5)17(20)4/h7-10,14-16H,6,11-13H2,1-5H3,(H,29,39)(H,30,31)/t15-,16+. The van der Waals surface area contributed by atoms with Crippen molar-refractivity contribution in [2.45, 2.75) is 46.3 Å². The SMILES string of the molecule is CCN1[C@H](C)CN(c2cc(-c3n[nH]c4ccc(NC(=O)C5=C(C)N(C)c6nnnn6C5)cc34)ncn2)C[C@@H]1C. The number of aromatic nitrogens is 8. The highest BCUT2D eigenvalue weighted by molar-refractivity contribution is 6.06. The van der Waals surface area contributed by atoms with E-state index in [4.69, 9.17) is 0 Å². The van der Waals surface area contributed by atoms with E-state index in [1.165, 1.54) is 0 Å². The molecular weight excluding hydrogens is 496 g/mol. The first kappa shape index (κ1) is 24.9. The number of amides is 1. The summed E-state index contributed by atoms with van der Waals surface area (Å²) in [7, 11) is 1.84. The first-order chi connectivity index (χ1) is 18.8. The van der Waals surface area contributed by atoms with Gasteiger partial charge in [0.2, 0.25) is 5.95 Å². The van der Waals surface area contributed by atoms with Crippen LogP contribution in [-0.4, -0.2) is 89.9 Å². The number of hydrogen-bond donors (Lipinski definition) is 2. The van der Waals surface area contributed by atoms with Gasteiger partial charge in [0.25, 0.3) is 5.91 Å². The number of piperazine rings is 1. The number of carbonyl (C=O) groups excluding carboxylic acids is 1. The Balaban J connectivity index is 1.26. The Morgan fingerprint density at radius 2 is 1.95 bits per heavy atom. The van der Waals surface area contributed by atoms with Crippen LogP contribution < -0.4 is 15.1 Å². The highest BCUT2D eigenvalue weighted by atomic mass is 16.1. The lowest BCUT2D eigenvalue weighted by Gasteiger charge is -2.44. The van der Waals surface area contributed by atoms with Crippen LogP contribution in [0.3, 0.4) is 0 Å². The Bertz CT molecular complexity index is 1560. The number of likely N-dealkylation sites (N-methyl/N-ethyl adjacent to an activating group) is 1. The van der Waals surface area contributed by atoms with Crippen LogP contribution in [-0.2, 0) is 11.3 Å². The number of nitrogens with one attached hydrogen (secondary N) is 2. The van der Waals surface area contributed by atoms with Crippen LogP contribution in [0.4, 0.5) is 17.5 Å². The molecule has 2 aliphatic heterocycles. The maximum absolute atomic E-state index is 13.3. The van der Waals surface area contributed by atoms with Crippen molar-refractivity contribution in [1.82, 2.24) is 45.3 Å². The van der Waals surface area contributed by atoms with Gasteiger partial charge in [0.05, 0.1) is 23.3 Å². The zero-order valence-corrected chi connectivity index (χ0v) is 22.8. The van der Waals surface area contributed by atoms with E-state index in [0.29, 0.717) is 41.5 Å². The summed E-state index contributed by atoms with van der Waals surface area (Å²) in [4.78, 5) is 29.0. The van der Waals surface area contributed by atoms with Gasteiger partial charge in [0.1, 0.15) is 17.8 Å². The van der Waals surface area contributed by atoms with E-state index in [9.17, 15) is 4.79 Å². The molecule has 2 atom stereocenters. The number of tetrazole rings is 1. The second kappa shape index (κ2) is 9.73. The summed E-state index contributed by atoms with van der Waals surface area (Å²) in [5, 5.41) is 23.3. The van der Waals surface area contributed by atoms with E-state index in [1.54, 1.807) is 11.0 Å². The van der Waals surface area contributed by atoms with Crippen LogP contribution in [0.2, 0.25) is 0 Å². The summed E-state index contributed by atoms with van der Waals surface area (Å²) in [6.45, 7) is 11.8. The lowest BCUT2D eigenvalue weighted by atomic mass is 10.1. The largest absolute Gasteiger partial charge is 0.353 e. The second-order valence-electron chi connectivity index (χ2n) is 10.2. The van der Waals surface area contributed by atoms with Gasteiger partial charge < -0.3 is 15.1 Å². The Labute approximate surface area is 225 Å². The molecule has 0 aliphatic carbocycles. The number of rotatable bonds is 5. The molecule has 3 aromatic heterocycles. The van der Waals surface area contributed by atoms with Gasteiger partial charge in [-0.25, -0.2) is 14.6 Å². The fraction of sp³-hybridized carbons (Fsp3) is 0.423. The van der Waals surface area contributed by atoms with Crippen molar-refractivity contribution in [1.29, 1.82) is 0 Å². The molecule has 39 heavy (non-hydrogen) atoms. The summed E-state index contributed by atoms with van der Waals surface area (Å²) >= 11 is 0. The summed E-state index contributed by atoms with van der Waals surface area (Å²) in [5.41, 5.74) is 4.35. The van der Waals surface area contributed by atoms with E-state index in [1.807, 2.05) is 43.1 Å². The Morgan fingerprint density at radius 3 is 2.72 bits per heavy atom. The van der Waals surface area contributed by atoms with Crippen molar-refractivity contribution in [2.75, 3.05) is 41.8 Å². The van der Waals surface area contributed by atoms with Crippen LogP contribution in [0.25, 0.3) is 22.3 Å². The smallest absolute Gasteiger partial charge is 0.255 e. The third kappa shape index (κ3) is 4.38. The molecule has 1 aromatic carbocycles. The topological polar surface area (TPSA) is 137 Å². The number of carbonyl (C=O) groups is 1. The molecule has 2 N–H and O–H groups in total. The van der Waals surface area contributed by atoms with Crippen LogP contribution in [0.1, 0.15) is 27.7 Å². The minimum absolute atomic E-state index is 0.205. The van der Waals surface area contributed by atoms with Crippen molar-refractivity contribution in [2.24, 2.45) is 0 Å². The third-order valence-electron chi connectivity index (χ3n) is 7.84. The predicted molar refractivity (Wildman–Crippen MR) is 148 cm³/mol. The van der Waals surface area contributed by atoms with Gasteiger partial charge in [-0.2, -0.15) is 5.10 Å². The lowest BCUT2D eigenvalue weighted by molar-refractivity contribution is -0.113. The average molecular weight is 529 g/mol. The molecule has 1 amide bonds. The quantitative estimate of drug-likeness (QED) is 0.397. The molecule has 6 rings (SSSR count). The monoisotopic (exact) mass is 528 g/mol. The van der Waals surface area contributed by atoms with Gasteiger partial charge in [-0.1, -0.05) is 12.0 Å². The summed E-state index contributed by atoms with van der Waals surface area (Å²) < 4.78 is 1.61. The summed E-state index contributed by atoms with van der Waals surface area (Å²) in [5.74, 6) is 1.29. The number of hydrogen-bond acceptors (Lipinski definition) is 10. The number of nitrogens with zero attached hydrogens (tertiary/aromatic N) is 10. The number of H-pyrrole nitrogens is 1. The number of benzene rings is 1. The molecule has 13 nitrogen and oxygen atoms in total. The van der Waals surface area contributed by atoms with Crippen LogP contribution in [0.5, 0.6) is 0 Å². The molecule has 1 fully saturated rings. The molecule has 0 bridgehead atoms. The minimum Gasteiger partial charge on any atom is -0.353 e. The number of aromatic amines is 1. The highest BCUT2D eigenvalue weighted by Crippen LogP contribution is 2.30. The molecule has 0 saturated carbocycles. The van der Waals surface area contributed by atoms with Crippen molar-refractivity contribution in [3.05, 3.63) is 41.9 Å². The molecule has 1 saturated heterocycles. The first-order valence-corrected chi connectivity index (χ1v) is 13.2. The Morgan fingerprint density at radius 1 is 1.15 bits per heavy atom. The number of fused-ring (bicyclic) bond motifs is 2. The van der Waals surface area contributed by atoms with Crippen LogP contribution in [0, 0.1) is 0 Å². The maximum atomic E-state index is 13.3. The van der Waals surface area contributed by atoms with Gasteiger partial charge in [-0.05, 0) is 55.9 Å². The molecule has 2 aliphatic rings. The maximum Gasteiger partial charge on any atom is 0.255 e. The predicted octanol–water partition coefficient (Wildman–Crippen LogP) is 2.29. The average Bonchev–Trinajstić information content (AvgIpc) is 3.57. The Kier molecular flexibility index (Phi) is 6.22. The van der Waals surface area contributed by atoms with Crippen molar-refractivity contribution in [3.63, 3.8) is 0 Å². The van der Waals surface area contributed by atoms with E-state index < -0.39 is 0 Å². The fourth-order valence-electron chi connectivity index (χ4n) is 5.71. The molecule has 0 radical (unpaired) electrons. The zero-order valence-electron chi connectivity index (χ0n) is 22.8. The zero-order chi connectivity index (χ0) is 27.3. The normalized spacial score (nSPS) is 20.0. The number of allylic oxidation sites excluding steroid dienone is 1. The van der Waals surface area contributed by atoms with E-state index in [-0.39, 0.29) is 5.91 Å². The molecule has 0 unspecified atom stereocenters. The lowest BCUT2D eigenvalue weighted by Crippen LogP contribution is -2.56. The summed E-state index contributed by atoms with van der Waals surface area (Å²) in [6, 6.07) is 8.55. The van der Waals surface area contributed by atoms with E-state index in [2.05, 4.69) is 71.6 Å². The van der Waals surface area contributed by atoms with E-state index in [0.717, 1.165) is 47.7 Å². The third-order valence-corrected chi connectivity index (χ3v) is 7.84. The first-order valence-electron chi connectivity index (χ1n) is 13.2. The fourth-order valence-corrected chi connectivity index (χ4v) is 5.71. The molecule has 4 aromatic rings. The van der Waals surface area contributed by atoms with Gasteiger partial charge in [0, 0.05) is 55.1 Å². The molecule has 202 valence electrons. The van der Waals surface area contributed by atoms with Crippen LogP contribution >= 0.6 is 0 Å². The van der Waals surface area contributed by atoms with Crippen molar-refractivity contribution in [3.8, 4) is 11.4 Å². The van der Waals surface area contributed by atoms with Crippen molar-refractivity contribution < 1.29 is 4.79 Å². The van der Waals surface area contributed by atoms with Crippen LogP contribution in [0.15, 0.2) is 41.9 Å². The number of anilines is 3. The van der Waals surface area contributed by atoms with Gasteiger partial charge in [0.15, 0.2) is 0 Å². The molecular formula is C26H32N12O. The molecule has 5 heterocycles. The highest BCUT2D eigenvalue weighted by Gasteiger charge is 2.29. The van der Waals surface area contributed by atoms with Gasteiger partial charge in [-0.3, -0.25) is 14.8 Å². The van der Waals surface area contributed by atoms with Crippen molar-refractivity contribution >= 4 is 34.3 Å². The van der Waals surface area contributed by atoms with E-state index >= 15 is 0 Å². The van der Waals surface area contributed by atoms with Gasteiger partial charge in [-0.15, -0.1) is 0 Å². The summed E-state index contributed by atoms with van der Waals surface area (Å²) in [6.07, 6.45) is 1.60. The minimum atomic E-state index is -0.205. The second-order valence-corrected chi connectivity index (χ2v) is 10.2. The molecule has 0 spiro atoms.